The minimum absolute atomic E-state index is 0.124. The van der Waals surface area contributed by atoms with Crippen LogP contribution in [-0.4, -0.2) is 45.3 Å². The Balaban J connectivity index is 1.49. The van der Waals surface area contributed by atoms with E-state index in [9.17, 15) is 4.79 Å². The van der Waals surface area contributed by atoms with Crippen LogP contribution in [0, 0.1) is 0 Å². The molecule has 2 aliphatic rings. The van der Waals surface area contributed by atoms with Crippen molar-refractivity contribution in [3.63, 3.8) is 0 Å². The third-order valence-corrected chi connectivity index (χ3v) is 6.12. The Morgan fingerprint density at radius 3 is 2.80 bits per heavy atom. The van der Waals surface area contributed by atoms with E-state index in [0.717, 1.165) is 60.9 Å². The molecule has 0 saturated carbocycles. The van der Waals surface area contributed by atoms with Crippen LogP contribution in [-0.2, 0) is 6.54 Å². The van der Waals surface area contributed by atoms with Gasteiger partial charge in [0.05, 0.1) is 18.8 Å². The van der Waals surface area contributed by atoms with E-state index in [1.54, 1.807) is 23.7 Å². The van der Waals surface area contributed by atoms with Crippen molar-refractivity contribution in [2.45, 2.75) is 44.7 Å². The van der Waals surface area contributed by atoms with Crippen molar-refractivity contribution >= 4 is 17.2 Å². The maximum atomic E-state index is 13.1. The molecule has 0 spiro atoms. The lowest BCUT2D eigenvalue weighted by Crippen LogP contribution is -2.38. The predicted octanol–water partition coefficient (Wildman–Crippen LogP) is 3.50. The van der Waals surface area contributed by atoms with E-state index in [1.165, 1.54) is 12.8 Å². The summed E-state index contributed by atoms with van der Waals surface area (Å²) in [5, 5.41) is 1.06. The summed E-state index contributed by atoms with van der Waals surface area (Å²) in [7, 11) is 0. The molecule has 0 bridgehead atoms. The van der Waals surface area contributed by atoms with Gasteiger partial charge in [-0.15, -0.1) is 11.3 Å². The molecule has 1 amide bonds. The number of rotatable bonds is 4. The fourth-order valence-corrected chi connectivity index (χ4v) is 4.77. The average molecular weight is 356 g/mol. The number of amides is 1. The average Bonchev–Trinajstić information content (AvgIpc) is 3.34. The summed E-state index contributed by atoms with van der Waals surface area (Å²) in [5.41, 5.74) is 1.14. The quantitative estimate of drug-likeness (QED) is 0.841. The molecule has 6 heteroatoms. The summed E-state index contributed by atoms with van der Waals surface area (Å²) >= 11 is 1.56. The number of aromatic nitrogens is 2. The first-order valence-corrected chi connectivity index (χ1v) is 10.0. The van der Waals surface area contributed by atoms with Crippen LogP contribution in [0.4, 0.5) is 0 Å². The normalized spacial score (nSPS) is 21.6. The first-order valence-electron chi connectivity index (χ1n) is 9.19. The highest BCUT2D eigenvalue weighted by Gasteiger charge is 2.30. The minimum atomic E-state index is 0.124. The van der Waals surface area contributed by atoms with Gasteiger partial charge >= 0.3 is 0 Å². The number of nitrogens with zero attached hydrogens (tertiary/aromatic N) is 4. The van der Waals surface area contributed by atoms with Crippen molar-refractivity contribution in [1.29, 1.82) is 0 Å². The van der Waals surface area contributed by atoms with Crippen molar-refractivity contribution in [2.24, 2.45) is 0 Å². The molecular weight excluding hydrogens is 332 g/mol. The topological polar surface area (TPSA) is 49.3 Å². The number of pyridine rings is 1. The lowest BCUT2D eigenvalue weighted by molar-refractivity contribution is 0.0616. The molecule has 2 aromatic rings. The molecule has 25 heavy (non-hydrogen) atoms. The molecule has 0 aromatic carbocycles. The van der Waals surface area contributed by atoms with Gasteiger partial charge in [0.2, 0.25) is 0 Å². The molecular formula is C19H24N4OS. The summed E-state index contributed by atoms with van der Waals surface area (Å²) in [6.45, 7) is 4.00. The number of likely N-dealkylation sites (tertiary alicyclic amines) is 2. The second kappa shape index (κ2) is 7.62. The third-order valence-electron chi connectivity index (χ3n) is 5.15. The molecule has 1 unspecified atom stereocenters. The zero-order valence-electron chi connectivity index (χ0n) is 14.4. The largest absolute Gasteiger partial charge is 0.331 e. The molecule has 2 saturated heterocycles. The molecule has 5 nitrogen and oxygen atoms in total. The second-order valence-electron chi connectivity index (χ2n) is 6.90. The monoisotopic (exact) mass is 356 g/mol. The van der Waals surface area contributed by atoms with E-state index in [4.69, 9.17) is 0 Å². The zero-order chi connectivity index (χ0) is 17.1. The number of hydrogen-bond acceptors (Lipinski definition) is 5. The van der Waals surface area contributed by atoms with Crippen LogP contribution in [0.25, 0.3) is 0 Å². The Labute approximate surface area is 152 Å². The highest BCUT2D eigenvalue weighted by molar-refractivity contribution is 7.13. The van der Waals surface area contributed by atoms with E-state index in [-0.39, 0.29) is 11.9 Å². The summed E-state index contributed by atoms with van der Waals surface area (Å²) < 4.78 is 0. The van der Waals surface area contributed by atoms with E-state index in [0.29, 0.717) is 0 Å². The van der Waals surface area contributed by atoms with Crippen molar-refractivity contribution in [2.75, 3.05) is 19.6 Å². The fraction of sp³-hybridized carbons (Fsp3) is 0.526. The van der Waals surface area contributed by atoms with Crippen molar-refractivity contribution < 1.29 is 4.79 Å². The maximum Gasteiger partial charge on any atom is 0.266 e. The lowest BCUT2D eigenvalue weighted by Gasteiger charge is -2.35. The first-order chi connectivity index (χ1) is 12.3. The van der Waals surface area contributed by atoms with Gasteiger partial charge in [-0.25, -0.2) is 4.98 Å². The standard InChI is InChI=1S/C19H24N4OS/c24-19(17-13-21-18(25-17)14-22-9-3-4-10-22)23-11-2-1-7-16(23)15-6-5-8-20-12-15/h5-6,8,12-13,16H,1-4,7,9-11,14H2. The van der Waals surface area contributed by atoms with Crippen LogP contribution in [0.15, 0.2) is 30.7 Å². The Kier molecular flexibility index (Phi) is 5.08. The smallest absolute Gasteiger partial charge is 0.266 e. The lowest BCUT2D eigenvalue weighted by atomic mass is 9.96. The van der Waals surface area contributed by atoms with Crippen LogP contribution in [0.5, 0.6) is 0 Å². The summed E-state index contributed by atoms with van der Waals surface area (Å²) in [5.74, 6) is 0.124. The van der Waals surface area contributed by atoms with Gasteiger partial charge in [-0.1, -0.05) is 6.07 Å². The van der Waals surface area contributed by atoms with E-state index < -0.39 is 0 Å². The molecule has 2 aromatic heterocycles. The molecule has 4 rings (SSSR count). The SMILES string of the molecule is O=C(c1cnc(CN2CCCC2)s1)N1CCCCC1c1cccnc1. The van der Waals surface area contributed by atoms with Crippen molar-refractivity contribution in [3.05, 3.63) is 46.2 Å². The van der Waals surface area contributed by atoms with E-state index in [2.05, 4.69) is 20.9 Å². The third kappa shape index (κ3) is 3.75. The van der Waals surface area contributed by atoms with Gasteiger partial charge in [-0.05, 0) is 56.8 Å². The van der Waals surface area contributed by atoms with Crippen LogP contribution < -0.4 is 0 Å². The molecule has 0 radical (unpaired) electrons. The summed E-state index contributed by atoms with van der Waals surface area (Å²) in [4.78, 5) is 27.1. The highest BCUT2D eigenvalue weighted by Crippen LogP contribution is 2.32. The van der Waals surface area contributed by atoms with Gasteiger partial charge < -0.3 is 4.90 Å². The van der Waals surface area contributed by atoms with Gasteiger partial charge in [0.1, 0.15) is 9.88 Å². The zero-order valence-corrected chi connectivity index (χ0v) is 15.2. The minimum Gasteiger partial charge on any atom is -0.331 e. The summed E-state index contributed by atoms with van der Waals surface area (Å²) in [6, 6.07) is 4.17. The molecule has 2 fully saturated rings. The number of carbonyl (C=O) groups excluding carboxylic acids is 1. The van der Waals surface area contributed by atoms with Gasteiger partial charge in [-0.3, -0.25) is 14.7 Å². The Morgan fingerprint density at radius 1 is 1.16 bits per heavy atom. The van der Waals surface area contributed by atoms with Gasteiger partial charge in [0.25, 0.3) is 5.91 Å². The molecule has 0 N–H and O–H groups in total. The Bertz CT molecular complexity index is 711. The van der Waals surface area contributed by atoms with Gasteiger partial charge in [0.15, 0.2) is 0 Å². The van der Waals surface area contributed by atoms with Crippen molar-refractivity contribution in [3.8, 4) is 0 Å². The molecule has 1 atom stereocenters. The van der Waals surface area contributed by atoms with E-state index >= 15 is 0 Å². The highest BCUT2D eigenvalue weighted by atomic mass is 32.1. The summed E-state index contributed by atoms with van der Waals surface area (Å²) in [6.07, 6.45) is 11.2. The molecule has 4 heterocycles. The number of carbonyl (C=O) groups is 1. The molecule has 132 valence electrons. The number of thiazole rings is 1. The van der Waals surface area contributed by atoms with Crippen molar-refractivity contribution in [1.82, 2.24) is 19.8 Å². The van der Waals surface area contributed by atoms with Crippen LogP contribution in [0.3, 0.4) is 0 Å². The second-order valence-corrected chi connectivity index (χ2v) is 8.01. The fourth-order valence-electron chi connectivity index (χ4n) is 3.85. The number of piperidine rings is 1. The Hall–Kier alpha value is -1.79. The number of hydrogen-bond donors (Lipinski definition) is 0. The van der Waals surface area contributed by atoms with Gasteiger partial charge in [-0.2, -0.15) is 0 Å². The van der Waals surface area contributed by atoms with E-state index in [1.807, 2.05) is 17.2 Å². The van der Waals surface area contributed by atoms with Crippen LogP contribution >= 0.6 is 11.3 Å². The van der Waals surface area contributed by atoms with Gasteiger partial charge in [0, 0.05) is 18.9 Å². The molecule has 2 aliphatic heterocycles. The maximum absolute atomic E-state index is 13.1. The predicted molar refractivity (Wildman–Crippen MR) is 98.5 cm³/mol. The van der Waals surface area contributed by atoms with Crippen LogP contribution in [0.1, 0.15) is 58.4 Å². The molecule has 0 aliphatic carbocycles. The van der Waals surface area contributed by atoms with Crippen LogP contribution in [0.2, 0.25) is 0 Å². The Morgan fingerprint density at radius 2 is 2.00 bits per heavy atom. The first kappa shape index (κ1) is 16.7.